The Kier molecular flexibility index (Phi) is 5.33. The zero-order valence-electron chi connectivity index (χ0n) is 11.0. The summed E-state index contributed by atoms with van der Waals surface area (Å²) in [6.45, 7) is 1.02. The van der Waals surface area contributed by atoms with Crippen molar-refractivity contribution in [2.45, 2.75) is 18.2 Å². The zero-order valence-corrected chi connectivity index (χ0v) is 11.8. The summed E-state index contributed by atoms with van der Waals surface area (Å²) in [5.74, 6) is -2.34. The molecule has 116 valence electrons. The minimum Gasteiger partial charge on any atom is -0.481 e. The summed E-state index contributed by atoms with van der Waals surface area (Å²) >= 11 is 0. The molecule has 0 atom stereocenters. The van der Waals surface area contributed by atoms with E-state index in [1.54, 1.807) is 0 Å². The fourth-order valence-electron chi connectivity index (χ4n) is 1.61. The largest absolute Gasteiger partial charge is 0.481 e. The number of halogens is 1. The molecule has 0 radical (unpaired) electrons. The van der Waals surface area contributed by atoms with Gasteiger partial charge in [0.15, 0.2) is 0 Å². The smallest absolute Gasteiger partial charge is 0.304 e. The number of nitro groups is 1. The average molecular weight is 320 g/mol. The van der Waals surface area contributed by atoms with Gasteiger partial charge in [-0.2, -0.15) is 4.31 Å². The van der Waals surface area contributed by atoms with Crippen LogP contribution < -0.4 is 0 Å². The van der Waals surface area contributed by atoms with Crippen molar-refractivity contribution in [1.29, 1.82) is 0 Å². The van der Waals surface area contributed by atoms with Crippen LogP contribution in [0.1, 0.15) is 13.3 Å². The summed E-state index contributed by atoms with van der Waals surface area (Å²) in [6.07, 6.45) is -0.455. The van der Waals surface area contributed by atoms with E-state index in [0.29, 0.717) is 12.1 Å². The van der Waals surface area contributed by atoms with Gasteiger partial charge in [0.2, 0.25) is 10.0 Å². The van der Waals surface area contributed by atoms with Gasteiger partial charge in [0.05, 0.1) is 11.3 Å². The molecule has 1 aromatic rings. The predicted molar refractivity (Wildman–Crippen MR) is 69.7 cm³/mol. The van der Waals surface area contributed by atoms with Crippen molar-refractivity contribution in [2.75, 3.05) is 13.1 Å². The highest BCUT2D eigenvalue weighted by atomic mass is 32.2. The van der Waals surface area contributed by atoms with Crippen LogP contribution in [-0.4, -0.2) is 41.8 Å². The third-order valence-electron chi connectivity index (χ3n) is 2.67. The average Bonchev–Trinajstić information content (AvgIpc) is 2.38. The van der Waals surface area contributed by atoms with Gasteiger partial charge in [-0.15, -0.1) is 0 Å². The summed E-state index contributed by atoms with van der Waals surface area (Å²) < 4.78 is 38.9. The van der Waals surface area contributed by atoms with Crippen LogP contribution in [0.2, 0.25) is 0 Å². The molecule has 0 spiro atoms. The SMILES string of the molecule is CCN(CCC(=O)O)S(=O)(=O)c1cc([N+](=O)[O-])ccc1F. The Morgan fingerprint density at radius 3 is 2.57 bits per heavy atom. The number of sulfonamides is 1. The number of rotatable bonds is 7. The van der Waals surface area contributed by atoms with Crippen LogP contribution in [0.15, 0.2) is 23.1 Å². The molecule has 0 aromatic heterocycles. The van der Waals surface area contributed by atoms with E-state index < -0.39 is 43.7 Å². The standard InChI is InChI=1S/C11H13FN2O6S/c1-2-13(6-5-11(15)16)21(19,20)10-7-8(14(17)18)3-4-9(10)12/h3-4,7H,2,5-6H2,1H3,(H,15,16). The minimum absolute atomic E-state index is 0.0856. The van der Waals surface area contributed by atoms with Gasteiger partial charge in [-0.25, -0.2) is 12.8 Å². The van der Waals surface area contributed by atoms with Gasteiger partial charge in [-0.1, -0.05) is 6.92 Å². The highest BCUT2D eigenvalue weighted by molar-refractivity contribution is 7.89. The molecule has 21 heavy (non-hydrogen) atoms. The number of carboxylic acids is 1. The van der Waals surface area contributed by atoms with Crippen molar-refractivity contribution in [1.82, 2.24) is 4.31 Å². The monoisotopic (exact) mass is 320 g/mol. The third kappa shape index (κ3) is 3.95. The molecule has 0 saturated heterocycles. The lowest BCUT2D eigenvalue weighted by atomic mass is 10.3. The van der Waals surface area contributed by atoms with E-state index in [1.165, 1.54) is 6.92 Å². The van der Waals surface area contributed by atoms with Gasteiger partial charge >= 0.3 is 5.97 Å². The Morgan fingerprint density at radius 2 is 2.10 bits per heavy atom. The number of nitro benzene ring substituents is 1. The highest BCUT2D eigenvalue weighted by Gasteiger charge is 2.28. The first-order valence-electron chi connectivity index (χ1n) is 5.86. The summed E-state index contributed by atoms with van der Waals surface area (Å²) in [4.78, 5) is 19.5. The lowest BCUT2D eigenvalue weighted by Crippen LogP contribution is -2.33. The number of carbonyl (C=O) groups is 1. The Balaban J connectivity index is 3.24. The molecule has 0 fully saturated rings. The third-order valence-corrected chi connectivity index (χ3v) is 4.66. The van der Waals surface area contributed by atoms with Gasteiger partial charge < -0.3 is 5.11 Å². The molecule has 0 unspecified atom stereocenters. The Morgan fingerprint density at radius 1 is 1.48 bits per heavy atom. The summed E-state index contributed by atoms with van der Waals surface area (Å²) in [6, 6.07) is 2.16. The molecule has 1 rings (SSSR count). The Bertz CT molecular complexity index is 661. The number of carboxylic acid groups (broad SMARTS) is 1. The van der Waals surface area contributed by atoms with Gasteiger partial charge in [0.1, 0.15) is 10.7 Å². The second-order valence-electron chi connectivity index (χ2n) is 4.01. The van der Waals surface area contributed by atoms with Gasteiger partial charge in [0.25, 0.3) is 5.69 Å². The van der Waals surface area contributed by atoms with Crippen LogP contribution in [0, 0.1) is 15.9 Å². The van der Waals surface area contributed by atoms with Crippen LogP contribution in [-0.2, 0) is 14.8 Å². The predicted octanol–water partition coefficient (Wildman–Crippen LogP) is 1.22. The molecule has 8 nitrogen and oxygen atoms in total. The minimum atomic E-state index is -4.34. The molecule has 0 amide bonds. The molecule has 1 aromatic carbocycles. The first-order valence-corrected chi connectivity index (χ1v) is 7.30. The molecule has 0 aliphatic heterocycles. The van der Waals surface area contributed by atoms with Crippen molar-refractivity contribution in [3.05, 3.63) is 34.1 Å². The van der Waals surface area contributed by atoms with Crippen molar-refractivity contribution in [3.8, 4) is 0 Å². The first kappa shape index (κ1) is 17.0. The molecule has 10 heteroatoms. The summed E-state index contributed by atoms with van der Waals surface area (Å²) in [7, 11) is -4.34. The highest BCUT2D eigenvalue weighted by Crippen LogP contribution is 2.24. The first-order chi connectivity index (χ1) is 9.70. The molecule has 0 bridgehead atoms. The molecule has 0 heterocycles. The molecule has 0 saturated carbocycles. The second kappa shape index (κ2) is 6.59. The summed E-state index contributed by atoms with van der Waals surface area (Å²) in [5, 5.41) is 19.2. The zero-order chi connectivity index (χ0) is 16.2. The van der Waals surface area contributed by atoms with Gasteiger partial charge in [-0.05, 0) is 6.07 Å². The lowest BCUT2D eigenvalue weighted by molar-refractivity contribution is -0.385. The molecule has 1 N–H and O–H groups in total. The van der Waals surface area contributed by atoms with E-state index in [2.05, 4.69) is 0 Å². The van der Waals surface area contributed by atoms with Crippen molar-refractivity contribution in [3.63, 3.8) is 0 Å². The van der Waals surface area contributed by atoms with E-state index >= 15 is 0 Å². The number of nitrogens with zero attached hydrogens (tertiary/aromatic N) is 2. The van der Waals surface area contributed by atoms with Crippen molar-refractivity contribution in [2.24, 2.45) is 0 Å². The number of hydrogen-bond donors (Lipinski definition) is 1. The maximum absolute atomic E-state index is 13.7. The van der Waals surface area contributed by atoms with Crippen LogP contribution in [0.3, 0.4) is 0 Å². The van der Waals surface area contributed by atoms with Gasteiger partial charge in [-0.3, -0.25) is 14.9 Å². The molecular formula is C11H13FN2O6S. The van der Waals surface area contributed by atoms with E-state index in [9.17, 15) is 27.7 Å². The van der Waals surface area contributed by atoms with Crippen LogP contribution >= 0.6 is 0 Å². The molecule has 0 aliphatic rings. The normalized spacial score (nSPS) is 11.6. The maximum atomic E-state index is 13.7. The molecule has 0 aliphatic carbocycles. The van der Waals surface area contributed by atoms with E-state index in [1.807, 2.05) is 0 Å². The van der Waals surface area contributed by atoms with Crippen LogP contribution in [0.5, 0.6) is 0 Å². The van der Waals surface area contributed by atoms with E-state index in [4.69, 9.17) is 5.11 Å². The number of benzene rings is 1. The van der Waals surface area contributed by atoms with Crippen LogP contribution in [0.4, 0.5) is 10.1 Å². The number of aliphatic carboxylic acids is 1. The van der Waals surface area contributed by atoms with E-state index in [-0.39, 0.29) is 13.1 Å². The van der Waals surface area contributed by atoms with E-state index in [0.717, 1.165) is 10.4 Å². The lowest BCUT2D eigenvalue weighted by Gasteiger charge is -2.19. The maximum Gasteiger partial charge on any atom is 0.304 e. The van der Waals surface area contributed by atoms with Gasteiger partial charge in [0, 0.05) is 25.2 Å². The Labute approximate surface area is 120 Å². The quantitative estimate of drug-likeness (QED) is 0.596. The van der Waals surface area contributed by atoms with Crippen molar-refractivity contribution < 1.29 is 27.6 Å². The van der Waals surface area contributed by atoms with Crippen LogP contribution in [0.25, 0.3) is 0 Å². The fourth-order valence-corrected chi connectivity index (χ4v) is 3.14. The fraction of sp³-hybridized carbons (Fsp3) is 0.364. The summed E-state index contributed by atoms with van der Waals surface area (Å²) in [5.41, 5.74) is -0.565. The van der Waals surface area contributed by atoms with Crippen molar-refractivity contribution >= 4 is 21.7 Å². The topological polar surface area (TPSA) is 118 Å². The number of non-ortho nitro benzene ring substituents is 1. The Hall–Kier alpha value is -2.07. The second-order valence-corrected chi connectivity index (χ2v) is 5.92. The molecular weight excluding hydrogens is 307 g/mol. The number of hydrogen-bond acceptors (Lipinski definition) is 5.